The second-order valence-corrected chi connectivity index (χ2v) is 4.42. The molecule has 0 saturated carbocycles. The molecule has 0 aliphatic rings. The van der Waals surface area contributed by atoms with E-state index in [1.54, 1.807) is 0 Å². The molecule has 1 aromatic carbocycles. The first-order valence-electron chi connectivity index (χ1n) is 5.03. The monoisotopic (exact) mass is 270 g/mol. The molecule has 0 bridgehead atoms. The Labute approximate surface area is 98.8 Å². The lowest BCUT2D eigenvalue weighted by Crippen LogP contribution is -2.10. The van der Waals surface area contributed by atoms with E-state index in [1.807, 2.05) is 39.0 Å². The van der Waals surface area contributed by atoms with Crippen molar-refractivity contribution in [3.05, 3.63) is 28.2 Å². The van der Waals surface area contributed by atoms with E-state index in [0.717, 1.165) is 4.47 Å². The molecule has 0 saturated heterocycles. The van der Waals surface area contributed by atoms with Crippen LogP contribution in [-0.4, -0.2) is 12.4 Å². The fourth-order valence-corrected chi connectivity index (χ4v) is 1.85. The molecule has 82 valence electrons. The van der Waals surface area contributed by atoms with Crippen LogP contribution >= 0.6 is 15.9 Å². The van der Waals surface area contributed by atoms with Crippen molar-refractivity contribution < 1.29 is 9.53 Å². The molecule has 0 amide bonds. The Hall–Kier alpha value is -0.830. The number of carbonyl (C=O) groups is 1. The van der Waals surface area contributed by atoms with Crippen LogP contribution in [0, 0.1) is 5.92 Å². The van der Waals surface area contributed by atoms with Crippen LogP contribution < -0.4 is 4.74 Å². The highest BCUT2D eigenvalue weighted by Gasteiger charge is 2.18. The predicted octanol–water partition coefficient (Wildman–Crippen LogP) is 3.69. The standard InChI is InChI=1S/C12H15BrO2/c1-4-15-10-7-5-6-9(13)11(10)12(14)8(2)3/h5-8H,4H2,1-3H3. The van der Waals surface area contributed by atoms with Gasteiger partial charge in [0, 0.05) is 10.4 Å². The summed E-state index contributed by atoms with van der Waals surface area (Å²) in [5.41, 5.74) is 0.648. The van der Waals surface area contributed by atoms with E-state index in [4.69, 9.17) is 4.74 Å². The zero-order valence-electron chi connectivity index (χ0n) is 9.21. The van der Waals surface area contributed by atoms with Crippen molar-refractivity contribution in [2.45, 2.75) is 20.8 Å². The number of carbonyl (C=O) groups excluding carboxylic acids is 1. The number of ketones is 1. The Balaban J connectivity index is 3.18. The van der Waals surface area contributed by atoms with Gasteiger partial charge in [-0.25, -0.2) is 0 Å². The minimum absolute atomic E-state index is 0.0251. The average Bonchev–Trinajstić information content (AvgIpc) is 2.17. The average molecular weight is 271 g/mol. The van der Waals surface area contributed by atoms with E-state index in [2.05, 4.69) is 15.9 Å². The van der Waals surface area contributed by atoms with E-state index < -0.39 is 0 Å². The lowest BCUT2D eigenvalue weighted by Gasteiger charge is -2.12. The van der Waals surface area contributed by atoms with Crippen molar-refractivity contribution in [3.63, 3.8) is 0 Å². The van der Waals surface area contributed by atoms with Crippen molar-refractivity contribution in [1.29, 1.82) is 0 Å². The number of benzene rings is 1. The molecular weight excluding hydrogens is 256 g/mol. The number of rotatable bonds is 4. The van der Waals surface area contributed by atoms with E-state index in [-0.39, 0.29) is 11.7 Å². The highest BCUT2D eigenvalue weighted by molar-refractivity contribution is 9.10. The van der Waals surface area contributed by atoms with E-state index in [1.165, 1.54) is 0 Å². The van der Waals surface area contributed by atoms with Gasteiger partial charge in [0.15, 0.2) is 5.78 Å². The smallest absolute Gasteiger partial charge is 0.170 e. The molecule has 0 spiro atoms. The highest BCUT2D eigenvalue weighted by atomic mass is 79.9. The van der Waals surface area contributed by atoms with Crippen LogP contribution in [0.1, 0.15) is 31.1 Å². The van der Waals surface area contributed by atoms with E-state index in [9.17, 15) is 4.79 Å². The summed E-state index contributed by atoms with van der Waals surface area (Å²) in [6.45, 7) is 6.24. The fraction of sp³-hybridized carbons (Fsp3) is 0.417. The fourth-order valence-electron chi connectivity index (χ4n) is 1.31. The molecule has 1 rings (SSSR count). The van der Waals surface area contributed by atoms with Crippen LogP contribution in [0.15, 0.2) is 22.7 Å². The van der Waals surface area contributed by atoms with Crippen LogP contribution in [0.2, 0.25) is 0 Å². The molecule has 0 aromatic heterocycles. The molecule has 0 radical (unpaired) electrons. The molecule has 2 nitrogen and oxygen atoms in total. The van der Waals surface area contributed by atoms with Crippen molar-refractivity contribution in [3.8, 4) is 5.75 Å². The van der Waals surface area contributed by atoms with Crippen LogP contribution in [-0.2, 0) is 0 Å². The molecule has 1 aromatic rings. The summed E-state index contributed by atoms with van der Waals surface area (Å²) in [7, 11) is 0. The second kappa shape index (κ2) is 5.31. The Morgan fingerprint density at radius 1 is 1.47 bits per heavy atom. The molecule has 3 heteroatoms. The third-order valence-electron chi connectivity index (χ3n) is 2.05. The van der Waals surface area contributed by atoms with Gasteiger partial charge in [0.25, 0.3) is 0 Å². The maximum Gasteiger partial charge on any atom is 0.170 e. The quantitative estimate of drug-likeness (QED) is 0.781. The summed E-state index contributed by atoms with van der Waals surface area (Å²) < 4.78 is 6.24. The first-order valence-corrected chi connectivity index (χ1v) is 5.82. The van der Waals surface area contributed by atoms with Crippen molar-refractivity contribution >= 4 is 21.7 Å². The number of ether oxygens (including phenoxy) is 1. The Kier molecular flexibility index (Phi) is 4.33. The summed E-state index contributed by atoms with van der Waals surface area (Å²) >= 11 is 3.39. The minimum atomic E-state index is -0.0251. The van der Waals surface area contributed by atoms with E-state index >= 15 is 0 Å². The number of Topliss-reactive ketones (excluding diaryl/α,β-unsaturated/α-hetero) is 1. The van der Waals surface area contributed by atoms with Crippen molar-refractivity contribution in [1.82, 2.24) is 0 Å². The lowest BCUT2D eigenvalue weighted by molar-refractivity contribution is 0.0934. The lowest BCUT2D eigenvalue weighted by atomic mass is 10.0. The Morgan fingerprint density at radius 3 is 2.67 bits per heavy atom. The first kappa shape index (κ1) is 12.2. The minimum Gasteiger partial charge on any atom is -0.493 e. The Bertz CT molecular complexity index is 359. The number of hydrogen-bond acceptors (Lipinski definition) is 2. The van der Waals surface area contributed by atoms with Gasteiger partial charge in [-0.3, -0.25) is 4.79 Å². The van der Waals surface area contributed by atoms with Crippen LogP contribution in [0.3, 0.4) is 0 Å². The molecule has 0 atom stereocenters. The van der Waals surface area contributed by atoms with Gasteiger partial charge in [0.1, 0.15) is 5.75 Å². The summed E-state index contributed by atoms with van der Waals surface area (Å²) in [5.74, 6) is 0.736. The molecular formula is C12H15BrO2. The van der Waals surface area contributed by atoms with E-state index in [0.29, 0.717) is 17.9 Å². The third kappa shape index (κ3) is 2.81. The van der Waals surface area contributed by atoms with Gasteiger partial charge < -0.3 is 4.74 Å². The molecule has 0 aliphatic carbocycles. The van der Waals surface area contributed by atoms with Gasteiger partial charge in [0.2, 0.25) is 0 Å². The SMILES string of the molecule is CCOc1cccc(Br)c1C(=O)C(C)C. The second-order valence-electron chi connectivity index (χ2n) is 3.56. The van der Waals surface area contributed by atoms with Gasteiger partial charge in [-0.15, -0.1) is 0 Å². The molecule has 0 unspecified atom stereocenters. The highest BCUT2D eigenvalue weighted by Crippen LogP contribution is 2.29. The zero-order chi connectivity index (χ0) is 11.4. The van der Waals surface area contributed by atoms with Crippen LogP contribution in [0.4, 0.5) is 0 Å². The first-order chi connectivity index (χ1) is 7.07. The zero-order valence-corrected chi connectivity index (χ0v) is 10.8. The largest absolute Gasteiger partial charge is 0.493 e. The van der Waals surface area contributed by atoms with Gasteiger partial charge in [-0.1, -0.05) is 19.9 Å². The van der Waals surface area contributed by atoms with Crippen molar-refractivity contribution in [2.24, 2.45) is 5.92 Å². The van der Waals surface area contributed by atoms with Gasteiger partial charge in [0.05, 0.1) is 12.2 Å². The van der Waals surface area contributed by atoms with Gasteiger partial charge in [-0.05, 0) is 35.0 Å². The summed E-state index contributed by atoms with van der Waals surface area (Å²) in [6.07, 6.45) is 0. The molecule has 15 heavy (non-hydrogen) atoms. The molecule has 0 fully saturated rings. The maximum atomic E-state index is 12.0. The predicted molar refractivity (Wildman–Crippen MR) is 64.5 cm³/mol. The maximum absolute atomic E-state index is 12.0. The topological polar surface area (TPSA) is 26.3 Å². The molecule has 0 heterocycles. The normalized spacial score (nSPS) is 10.5. The van der Waals surface area contributed by atoms with Crippen LogP contribution in [0.25, 0.3) is 0 Å². The van der Waals surface area contributed by atoms with Gasteiger partial charge >= 0.3 is 0 Å². The van der Waals surface area contributed by atoms with Crippen molar-refractivity contribution in [2.75, 3.05) is 6.61 Å². The summed E-state index contributed by atoms with van der Waals surface area (Å²) in [6, 6.07) is 5.55. The number of hydrogen-bond donors (Lipinski definition) is 0. The van der Waals surface area contributed by atoms with Crippen LogP contribution in [0.5, 0.6) is 5.75 Å². The number of halogens is 1. The molecule has 0 aliphatic heterocycles. The third-order valence-corrected chi connectivity index (χ3v) is 2.71. The Morgan fingerprint density at radius 2 is 2.13 bits per heavy atom. The summed E-state index contributed by atoms with van der Waals surface area (Å²) in [5, 5.41) is 0. The molecule has 0 N–H and O–H groups in total. The summed E-state index contributed by atoms with van der Waals surface area (Å²) in [4.78, 5) is 12.0. The van der Waals surface area contributed by atoms with Gasteiger partial charge in [-0.2, -0.15) is 0 Å².